The maximum Gasteiger partial charge on any atom is 0.269 e. The highest BCUT2D eigenvalue weighted by molar-refractivity contribution is 7.17. The van der Waals surface area contributed by atoms with Crippen molar-refractivity contribution >= 4 is 33.8 Å². The van der Waals surface area contributed by atoms with Gasteiger partial charge in [0.1, 0.15) is 10.8 Å². The number of furan rings is 1. The van der Waals surface area contributed by atoms with E-state index in [1.807, 2.05) is 0 Å². The van der Waals surface area contributed by atoms with Crippen molar-refractivity contribution in [3.63, 3.8) is 0 Å². The van der Waals surface area contributed by atoms with Gasteiger partial charge >= 0.3 is 0 Å². The molecule has 2 heterocycles. The number of carbonyl (C=O) groups is 2. The van der Waals surface area contributed by atoms with Crippen LogP contribution in [0.15, 0.2) is 47.1 Å². The number of non-ortho nitro benzene ring substituents is 1. The molecule has 8 nitrogen and oxygen atoms in total. The molecule has 0 radical (unpaired) electrons. The van der Waals surface area contributed by atoms with Gasteiger partial charge < -0.3 is 15.1 Å². The van der Waals surface area contributed by atoms with Gasteiger partial charge in [0.25, 0.3) is 17.5 Å². The van der Waals surface area contributed by atoms with E-state index in [-0.39, 0.29) is 23.7 Å². The molecule has 4 rings (SSSR count). The molecule has 2 amide bonds. The first-order valence-corrected chi connectivity index (χ1v) is 10.4. The van der Waals surface area contributed by atoms with Gasteiger partial charge in [-0.15, -0.1) is 11.3 Å². The number of thiophene rings is 1. The van der Waals surface area contributed by atoms with Gasteiger partial charge in [-0.2, -0.15) is 0 Å². The van der Waals surface area contributed by atoms with Crippen LogP contribution in [0.4, 0.5) is 10.7 Å². The summed E-state index contributed by atoms with van der Waals surface area (Å²) in [5, 5.41) is 17.0. The number of nitro benzene ring substituents is 1. The summed E-state index contributed by atoms with van der Waals surface area (Å²) >= 11 is 1.42. The van der Waals surface area contributed by atoms with Gasteiger partial charge in [-0.05, 0) is 55.5 Å². The number of anilines is 1. The van der Waals surface area contributed by atoms with Crippen LogP contribution in [-0.4, -0.2) is 16.7 Å². The highest BCUT2D eigenvalue weighted by Gasteiger charge is 2.26. The zero-order valence-corrected chi connectivity index (χ0v) is 16.8. The van der Waals surface area contributed by atoms with Crippen LogP contribution >= 0.6 is 11.3 Å². The zero-order chi connectivity index (χ0) is 21.1. The van der Waals surface area contributed by atoms with Crippen molar-refractivity contribution in [3.8, 4) is 0 Å². The van der Waals surface area contributed by atoms with E-state index in [0.717, 1.165) is 36.1 Å². The zero-order valence-electron chi connectivity index (χ0n) is 16.0. The summed E-state index contributed by atoms with van der Waals surface area (Å²) in [5.41, 5.74) is 1.68. The molecular weight excluding hydrogens is 406 g/mol. The van der Waals surface area contributed by atoms with Crippen molar-refractivity contribution in [1.29, 1.82) is 0 Å². The predicted octanol–water partition coefficient (Wildman–Crippen LogP) is 4.31. The van der Waals surface area contributed by atoms with Gasteiger partial charge in [0.15, 0.2) is 0 Å². The van der Waals surface area contributed by atoms with E-state index in [0.29, 0.717) is 16.3 Å². The van der Waals surface area contributed by atoms with E-state index in [1.54, 1.807) is 18.4 Å². The third-order valence-corrected chi connectivity index (χ3v) is 6.18. The van der Waals surface area contributed by atoms with Gasteiger partial charge in [0.2, 0.25) is 0 Å². The van der Waals surface area contributed by atoms with Crippen LogP contribution in [0.5, 0.6) is 0 Å². The molecule has 1 aliphatic rings. The van der Waals surface area contributed by atoms with Crippen LogP contribution < -0.4 is 10.6 Å². The first-order chi connectivity index (χ1) is 14.5. The normalized spacial score (nSPS) is 12.8. The second-order valence-electron chi connectivity index (χ2n) is 6.94. The fraction of sp³-hybridized carbons (Fsp3) is 0.238. The Labute approximate surface area is 176 Å². The number of nitrogens with one attached hydrogen (secondary N) is 2. The standard InChI is InChI=1S/C21H19N3O5S/c25-19(13-7-9-14(10-8-13)24(27)28)23-21-18(16-5-1-2-6-17(16)30-21)20(26)22-12-15-4-3-11-29-15/h3-4,7-11H,1-2,5-6,12H2,(H,22,26)(H,23,25). The van der Waals surface area contributed by atoms with Gasteiger partial charge in [0, 0.05) is 22.6 Å². The minimum Gasteiger partial charge on any atom is -0.467 e. The Balaban J connectivity index is 1.57. The number of benzene rings is 1. The maximum atomic E-state index is 13.0. The first-order valence-electron chi connectivity index (χ1n) is 9.54. The summed E-state index contributed by atoms with van der Waals surface area (Å²) in [7, 11) is 0. The molecule has 0 spiro atoms. The van der Waals surface area contributed by atoms with Crippen LogP contribution in [0.2, 0.25) is 0 Å². The maximum absolute atomic E-state index is 13.0. The number of nitro groups is 1. The molecule has 0 unspecified atom stereocenters. The van der Waals surface area contributed by atoms with E-state index in [4.69, 9.17) is 4.42 Å². The number of amides is 2. The van der Waals surface area contributed by atoms with Gasteiger partial charge in [-0.1, -0.05) is 0 Å². The fourth-order valence-electron chi connectivity index (χ4n) is 3.47. The lowest BCUT2D eigenvalue weighted by molar-refractivity contribution is -0.384. The van der Waals surface area contributed by atoms with E-state index < -0.39 is 10.8 Å². The summed E-state index contributed by atoms with van der Waals surface area (Å²) < 4.78 is 5.26. The second-order valence-corrected chi connectivity index (χ2v) is 8.04. The van der Waals surface area contributed by atoms with Crippen molar-refractivity contribution in [1.82, 2.24) is 5.32 Å². The molecule has 1 aromatic carbocycles. The van der Waals surface area contributed by atoms with Crippen molar-refractivity contribution in [2.75, 3.05) is 5.32 Å². The summed E-state index contributed by atoms with van der Waals surface area (Å²) in [6.45, 7) is 0.256. The van der Waals surface area contributed by atoms with E-state index in [2.05, 4.69) is 10.6 Å². The molecule has 3 aromatic rings. The van der Waals surface area contributed by atoms with Crippen molar-refractivity contribution in [2.45, 2.75) is 32.2 Å². The van der Waals surface area contributed by atoms with Crippen LogP contribution in [0.1, 0.15) is 49.8 Å². The predicted molar refractivity (Wildman–Crippen MR) is 112 cm³/mol. The number of hydrogen-bond donors (Lipinski definition) is 2. The molecule has 30 heavy (non-hydrogen) atoms. The Hall–Kier alpha value is -3.46. The second kappa shape index (κ2) is 8.50. The molecular formula is C21H19N3O5S. The minimum absolute atomic E-state index is 0.0869. The molecule has 2 N–H and O–H groups in total. The molecule has 0 saturated heterocycles. The van der Waals surface area contributed by atoms with Crippen molar-refractivity contribution < 1.29 is 18.9 Å². The van der Waals surface area contributed by atoms with Crippen LogP contribution in [0.3, 0.4) is 0 Å². The molecule has 0 fully saturated rings. The van der Waals surface area contributed by atoms with Crippen LogP contribution in [0.25, 0.3) is 0 Å². The number of nitrogens with zero attached hydrogens (tertiary/aromatic N) is 1. The van der Waals surface area contributed by atoms with E-state index >= 15 is 0 Å². The Morgan fingerprint density at radius 3 is 2.57 bits per heavy atom. The van der Waals surface area contributed by atoms with Gasteiger partial charge in [-0.3, -0.25) is 19.7 Å². The molecule has 154 valence electrons. The largest absolute Gasteiger partial charge is 0.467 e. The Kier molecular flexibility index (Phi) is 5.62. The van der Waals surface area contributed by atoms with E-state index in [9.17, 15) is 19.7 Å². The minimum atomic E-state index is -0.517. The van der Waals surface area contributed by atoms with Crippen LogP contribution in [0, 0.1) is 10.1 Å². The number of hydrogen-bond acceptors (Lipinski definition) is 6. The van der Waals surface area contributed by atoms with Gasteiger partial charge in [-0.25, -0.2) is 0 Å². The highest BCUT2D eigenvalue weighted by atomic mass is 32.1. The molecule has 1 aliphatic carbocycles. The SMILES string of the molecule is O=C(Nc1sc2c(c1C(=O)NCc1ccco1)CCCC2)c1ccc([N+](=O)[O-])cc1. The number of rotatable bonds is 6. The molecule has 0 saturated carbocycles. The Morgan fingerprint density at radius 1 is 1.10 bits per heavy atom. The molecule has 2 aromatic heterocycles. The average molecular weight is 425 g/mol. The molecule has 9 heteroatoms. The monoisotopic (exact) mass is 425 g/mol. The quantitative estimate of drug-likeness (QED) is 0.451. The summed E-state index contributed by atoms with van der Waals surface area (Å²) in [6, 6.07) is 8.90. The lowest BCUT2D eigenvalue weighted by Gasteiger charge is -2.13. The number of aryl methyl sites for hydroxylation is 1. The van der Waals surface area contributed by atoms with Crippen molar-refractivity contribution in [2.24, 2.45) is 0 Å². The summed E-state index contributed by atoms with van der Waals surface area (Å²) in [6.07, 6.45) is 5.27. The Bertz CT molecular complexity index is 1090. The smallest absolute Gasteiger partial charge is 0.269 e. The number of carbonyl (C=O) groups excluding carboxylic acids is 2. The summed E-state index contributed by atoms with van der Waals surface area (Å²) in [5.74, 6) is -0.0303. The molecule has 0 aliphatic heterocycles. The average Bonchev–Trinajstić information content (AvgIpc) is 3.39. The highest BCUT2D eigenvalue weighted by Crippen LogP contribution is 2.38. The lowest BCUT2D eigenvalue weighted by atomic mass is 9.95. The topological polar surface area (TPSA) is 114 Å². The third kappa shape index (κ3) is 4.11. The number of fused-ring (bicyclic) bond motifs is 1. The molecule has 0 bridgehead atoms. The molecule has 0 atom stereocenters. The van der Waals surface area contributed by atoms with Crippen molar-refractivity contribution in [3.05, 3.63) is 80.1 Å². The van der Waals surface area contributed by atoms with Crippen LogP contribution in [-0.2, 0) is 19.4 Å². The summed E-state index contributed by atoms with van der Waals surface area (Å²) in [4.78, 5) is 37.1. The Morgan fingerprint density at radius 2 is 1.87 bits per heavy atom. The van der Waals surface area contributed by atoms with Gasteiger partial charge in [0.05, 0.1) is 23.3 Å². The first kappa shape index (κ1) is 19.8. The third-order valence-electron chi connectivity index (χ3n) is 4.97. The van der Waals surface area contributed by atoms with E-state index in [1.165, 1.54) is 35.6 Å². The lowest BCUT2D eigenvalue weighted by Crippen LogP contribution is -2.25. The fourth-order valence-corrected chi connectivity index (χ4v) is 4.75.